The molecule has 2 aromatic rings. The van der Waals surface area contributed by atoms with Gasteiger partial charge in [-0.2, -0.15) is 13.2 Å². The van der Waals surface area contributed by atoms with Crippen LogP contribution < -0.4 is 10.1 Å². The molecule has 0 saturated carbocycles. The lowest BCUT2D eigenvalue weighted by atomic mass is 10.0. The molecule has 2 aliphatic heterocycles. The van der Waals surface area contributed by atoms with Gasteiger partial charge in [-0.05, 0) is 48.2 Å². The quantitative estimate of drug-likeness (QED) is 0.794. The van der Waals surface area contributed by atoms with E-state index >= 15 is 0 Å². The molecule has 30 heavy (non-hydrogen) atoms. The van der Waals surface area contributed by atoms with Crippen LogP contribution in [0.1, 0.15) is 29.5 Å². The van der Waals surface area contributed by atoms with Crippen molar-refractivity contribution in [2.45, 2.75) is 44.2 Å². The van der Waals surface area contributed by atoms with Gasteiger partial charge in [0.2, 0.25) is 5.91 Å². The van der Waals surface area contributed by atoms with Gasteiger partial charge in [-0.1, -0.05) is 18.2 Å². The lowest BCUT2D eigenvalue weighted by molar-refractivity contribution is -0.137. The number of nitrogens with zero attached hydrogens (tertiary/aromatic N) is 1. The molecule has 1 saturated heterocycles. The zero-order chi connectivity index (χ0) is 21.3. The predicted octanol–water partition coefficient (Wildman–Crippen LogP) is 3.60. The summed E-state index contributed by atoms with van der Waals surface area (Å²) in [4.78, 5) is 13.4. The molecule has 0 aliphatic carbocycles. The number of carbonyl (C=O) groups excluding carboxylic acids is 1. The highest BCUT2D eigenvalue weighted by atomic mass is 19.4. The molecule has 2 aromatic carbocycles. The Hall–Kier alpha value is -2.58. The van der Waals surface area contributed by atoms with Crippen molar-refractivity contribution in [3.05, 3.63) is 59.2 Å². The Morgan fingerprint density at radius 3 is 2.77 bits per heavy atom. The second-order valence-electron chi connectivity index (χ2n) is 7.81. The highest BCUT2D eigenvalue weighted by molar-refractivity contribution is 5.93. The zero-order valence-corrected chi connectivity index (χ0v) is 16.3. The van der Waals surface area contributed by atoms with Crippen molar-refractivity contribution >= 4 is 11.6 Å². The van der Waals surface area contributed by atoms with Crippen molar-refractivity contribution in [3.63, 3.8) is 0 Å². The summed E-state index contributed by atoms with van der Waals surface area (Å²) < 4.78 is 44.7. The lowest BCUT2D eigenvalue weighted by Gasteiger charge is -2.36. The third kappa shape index (κ3) is 4.76. The number of amides is 1. The number of β-amino-alcohol motifs (C(OH)–C–C–N with tert-alkyl or cyclic N) is 1. The Bertz CT molecular complexity index is 932. The van der Waals surface area contributed by atoms with Crippen LogP contribution in [0.5, 0.6) is 5.75 Å². The Morgan fingerprint density at radius 1 is 1.17 bits per heavy atom. The zero-order valence-electron chi connectivity index (χ0n) is 16.3. The van der Waals surface area contributed by atoms with Gasteiger partial charge in [0.05, 0.1) is 5.56 Å². The molecule has 2 N–H and O–H groups in total. The normalized spacial score (nSPS) is 22.3. The highest BCUT2D eigenvalue weighted by Gasteiger charge is 2.32. The van der Waals surface area contributed by atoms with Gasteiger partial charge >= 0.3 is 6.18 Å². The van der Waals surface area contributed by atoms with E-state index in [0.717, 1.165) is 23.4 Å². The van der Waals surface area contributed by atoms with Gasteiger partial charge in [-0.25, -0.2) is 0 Å². The molecule has 1 amide bonds. The number of rotatable bonds is 4. The van der Waals surface area contributed by atoms with Crippen LogP contribution in [0.25, 0.3) is 0 Å². The summed E-state index contributed by atoms with van der Waals surface area (Å²) in [6.07, 6.45) is -3.86. The fourth-order valence-corrected chi connectivity index (χ4v) is 3.97. The Kier molecular flexibility index (Phi) is 5.71. The summed E-state index contributed by atoms with van der Waals surface area (Å²) in [5.41, 5.74) is 1.69. The lowest BCUT2D eigenvalue weighted by Crippen LogP contribution is -2.48. The number of nitrogens with one attached hydrogen (secondary N) is 1. The number of aryl methyl sites for hydroxylation is 1. The van der Waals surface area contributed by atoms with Gasteiger partial charge in [-0.15, -0.1) is 0 Å². The van der Waals surface area contributed by atoms with Crippen LogP contribution in [0.3, 0.4) is 0 Å². The van der Waals surface area contributed by atoms with Crippen molar-refractivity contribution < 1.29 is 27.8 Å². The van der Waals surface area contributed by atoms with Crippen molar-refractivity contribution in [2.75, 3.05) is 18.4 Å². The van der Waals surface area contributed by atoms with E-state index in [1.807, 2.05) is 11.0 Å². The van der Waals surface area contributed by atoms with E-state index in [2.05, 4.69) is 5.32 Å². The van der Waals surface area contributed by atoms with Gasteiger partial charge < -0.3 is 15.2 Å². The van der Waals surface area contributed by atoms with Crippen molar-refractivity contribution in [3.8, 4) is 5.75 Å². The average Bonchev–Trinajstić information content (AvgIpc) is 2.70. The van der Waals surface area contributed by atoms with Crippen LogP contribution in [-0.4, -0.2) is 41.2 Å². The van der Waals surface area contributed by atoms with Gasteiger partial charge in [0.25, 0.3) is 0 Å². The minimum absolute atomic E-state index is 0.000247. The number of aliphatic hydroxyl groups is 1. The highest BCUT2D eigenvalue weighted by Crippen LogP contribution is 2.31. The maximum Gasteiger partial charge on any atom is 0.416 e. The van der Waals surface area contributed by atoms with E-state index < -0.39 is 17.8 Å². The van der Waals surface area contributed by atoms with Crippen molar-refractivity contribution in [1.29, 1.82) is 0 Å². The first-order chi connectivity index (χ1) is 14.3. The number of fused-ring (bicyclic) bond motifs is 1. The molecular weight excluding hydrogens is 397 g/mol. The van der Waals surface area contributed by atoms with Crippen LogP contribution >= 0.6 is 0 Å². The molecule has 1 fully saturated rings. The Balaban J connectivity index is 1.35. The first-order valence-electron chi connectivity index (χ1n) is 9.94. The monoisotopic (exact) mass is 420 g/mol. The van der Waals surface area contributed by atoms with E-state index in [1.54, 1.807) is 18.2 Å². The number of piperidine rings is 1. The maximum absolute atomic E-state index is 12.9. The van der Waals surface area contributed by atoms with E-state index in [-0.39, 0.29) is 12.0 Å². The second kappa shape index (κ2) is 8.28. The summed E-state index contributed by atoms with van der Waals surface area (Å²) >= 11 is 0. The topological polar surface area (TPSA) is 61.8 Å². The molecule has 4 rings (SSSR count). The first-order valence-corrected chi connectivity index (χ1v) is 9.94. The molecule has 0 aromatic heterocycles. The molecular formula is C22H23F3N2O3. The Labute approximate surface area is 172 Å². The summed E-state index contributed by atoms with van der Waals surface area (Å²) in [5.74, 6) is 0.639. The smallest absolute Gasteiger partial charge is 0.416 e. The van der Waals surface area contributed by atoms with E-state index in [9.17, 15) is 23.1 Å². The number of likely N-dealkylation sites (tertiary alicyclic amines) is 1. The van der Waals surface area contributed by atoms with Gasteiger partial charge in [-0.3, -0.25) is 9.69 Å². The number of hydrogen-bond acceptors (Lipinski definition) is 4. The van der Waals surface area contributed by atoms with Crippen LogP contribution in [0, 0.1) is 0 Å². The molecule has 2 atom stereocenters. The molecule has 0 radical (unpaired) electrons. The third-order valence-electron chi connectivity index (χ3n) is 5.52. The molecule has 0 unspecified atom stereocenters. The number of hydrogen-bond donors (Lipinski definition) is 2. The van der Waals surface area contributed by atoms with Gasteiger partial charge in [0.1, 0.15) is 18.0 Å². The number of ether oxygens (including phenoxy) is 1. The van der Waals surface area contributed by atoms with Crippen LogP contribution in [-0.2, 0) is 23.9 Å². The van der Waals surface area contributed by atoms with E-state index in [0.29, 0.717) is 50.2 Å². The average molecular weight is 420 g/mol. The van der Waals surface area contributed by atoms with Crippen molar-refractivity contribution in [1.82, 2.24) is 4.90 Å². The fraction of sp³-hybridized carbons (Fsp3) is 0.409. The number of halogens is 3. The summed E-state index contributed by atoms with van der Waals surface area (Å²) in [5, 5.41) is 13.4. The van der Waals surface area contributed by atoms with Crippen LogP contribution in [0.15, 0.2) is 42.5 Å². The maximum atomic E-state index is 12.9. The molecule has 2 aliphatic rings. The molecule has 5 nitrogen and oxygen atoms in total. The Morgan fingerprint density at radius 2 is 2.00 bits per heavy atom. The van der Waals surface area contributed by atoms with E-state index in [4.69, 9.17) is 4.74 Å². The van der Waals surface area contributed by atoms with Gasteiger partial charge in [0.15, 0.2) is 0 Å². The number of alkyl halides is 3. The second-order valence-corrected chi connectivity index (χ2v) is 7.81. The standard InChI is InChI=1S/C22H23F3N2O3/c23-22(24,25)16-3-1-2-14(10-16)12-27-9-8-20(19(28)13-27)30-17-5-6-18-15(11-17)4-7-21(29)26-18/h1-3,5-6,10-11,19-20,28H,4,7-9,12-13H2,(H,26,29)/t19-,20-/m1/s1. The first kappa shape index (κ1) is 20.7. The molecule has 0 spiro atoms. The minimum atomic E-state index is -4.37. The molecule has 160 valence electrons. The number of benzene rings is 2. The molecule has 8 heteroatoms. The van der Waals surface area contributed by atoms with Crippen LogP contribution in [0.4, 0.5) is 18.9 Å². The summed E-state index contributed by atoms with van der Waals surface area (Å²) in [7, 11) is 0. The largest absolute Gasteiger partial charge is 0.488 e. The minimum Gasteiger partial charge on any atom is -0.488 e. The fourth-order valence-electron chi connectivity index (χ4n) is 3.97. The number of anilines is 1. The van der Waals surface area contributed by atoms with Crippen LogP contribution in [0.2, 0.25) is 0 Å². The molecule has 0 bridgehead atoms. The third-order valence-corrected chi connectivity index (χ3v) is 5.52. The number of carbonyl (C=O) groups is 1. The van der Waals surface area contributed by atoms with Gasteiger partial charge in [0, 0.05) is 31.7 Å². The van der Waals surface area contributed by atoms with E-state index in [1.165, 1.54) is 6.07 Å². The summed E-state index contributed by atoms with van der Waals surface area (Å²) in [6, 6.07) is 10.7. The number of aliphatic hydroxyl groups excluding tert-OH is 1. The summed E-state index contributed by atoms with van der Waals surface area (Å²) in [6.45, 7) is 1.27. The SMILES string of the molecule is O=C1CCc2cc(O[C@@H]3CCN(Cc4cccc(C(F)(F)F)c4)C[C@H]3O)ccc2N1. The predicted molar refractivity (Wildman–Crippen MR) is 105 cm³/mol. The van der Waals surface area contributed by atoms with Crippen molar-refractivity contribution in [2.24, 2.45) is 0 Å². The molecule has 2 heterocycles.